The van der Waals surface area contributed by atoms with Crippen LogP contribution >= 0.6 is 15.9 Å². The molecule has 20 heavy (non-hydrogen) atoms. The highest BCUT2D eigenvalue weighted by Crippen LogP contribution is 2.25. The van der Waals surface area contributed by atoms with E-state index in [4.69, 9.17) is 0 Å². The maximum absolute atomic E-state index is 12.5. The van der Waals surface area contributed by atoms with E-state index in [1.54, 1.807) is 0 Å². The number of hydrogen-bond donors (Lipinski definition) is 0. The van der Waals surface area contributed by atoms with Crippen LogP contribution in [0.3, 0.4) is 0 Å². The van der Waals surface area contributed by atoms with Gasteiger partial charge < -0.3 is 9.80 Å². The number of amides is 1. The van der Waals surface area contributed by atoms with Crippen LogP contribution in [0, 0.1) is 0 Å². The molecule has 0 atom stereocenters. The van der Waals surface area contributed by atoms with Gasteiger partial charge in [-0.15, -0.1) is 0 Å². The third kappa shape index (κ3) is 2.58. The standard InChI is InChI=1S/C16H17BrN2O/c1-18-7-9-19(10-8-18)16(20)13-5-6-14-12(11-13)3-2-4-15(14)17/h2-6,11H,7-10H2,1H3. The molecule has 0 radical (unpaired) electrons. The van der Waals surface area contributed by atoms with E-state index in [-0.39, 0.29) is 5.91 Å². The van der Waals surface area contributed by atoms with E-state index in [0.29, 0.717) is 0 Å². The van der Waals surface area contributed by atoms with E-state index in [2.05, 4.69) is 27.9 Å². The number of carbonyl (C=O) groups is 1. The van der Waals surface area contributed by atoms with Gasteiger partial charge in [0.05, 0.1) is 0 Å². The fraction of sp³-hybridized carbons (Fsp3) is 0.312. The molecule has 3 nitrogen and oxygen atoms in total. The molecule has 1 aliphatic heterocycles. The largest absolute Gasteiger partial charge is 0.336 e. The molecule has 104 valence electrons. The van der Waals surface area contributed by atoms with Gasteiger partial charge >= 0.3 is 0 Å². The van der Waals surface area contributed by atoms with Gasteiger partial charge in [0.2, 0.25) is 0 Å². The summed E-state index contributed by atoms with van der Waals surface area (Å²) in [6, 6.07) is 12.0. The number of carbonyl (C=O) groups excluding carboxylic acids is 1. The van der Waals surface area contributed by atoms with Crippen LogP contribution < -0.4 is 0 Å². The van der Waals surface area contributed by atoms with Gasteiger partial charge in [-0.1, -0.05) is 34.1 Å². The van der Waals surface area contributed by atoms with Gasteiger partial charge in [0, 0.05) is 36.2 Å². The van der Waals surface area contributed by atoms with Crippen molar-refractivity contribution in [1.29, 1.82) is 0 Å². The number of likely N-dealkylation sites (N-methyl/N-ethyl adjacent to an activating group) is 1. The summed E-state index contributed by atoms with van der Waals surface area (Å²) in [5.74, 6) is 0.139. The van der Waals surface area contributed by atoms with E-state index in [1.807, 2.05) is 41.3 Å². The quantitative estimate of drug-likeness (QED) is 0.801. The van der Waals surface area contributed by atoms with Gasteiger partial charge in [0.15, 0.2) is 0 Å². The summed E-state index contributed by atoms with van der Waals surface area (Å²) in [6.45, 7) is 3.52. The Bertz CT molecular complexity index is 648. The van der Waals surface area contributed by atoms with Gasteiger partial charge in [0.25, 0.3) is 5.91 Å². The lowest BCUT2D eigenvalue weighted by molar-refractivity contribution is 0.0664. The van der Waals surface area contributed by atoms with Crippen molar-refractivity contribution in [2.24, 2.45) is 0 Å². The predicted octanol–water partition coefficient (Wildman–Crippen LogP) is 2.99. The molecular weight excluding hydrogens is 316 g/mol. The first-order valence-electron chi connectivity index (χ1n) is 6.81. The van der Waals surface area contributed by atoms with Gasteiger partial charge in [-0.05, 0) is 36.0 Å². The van der Waals surface area contributed by atoms with E-state index >= 15 is 0 Å². The Kier molecular flexibility index (Phi) is 3.76. The van der Waals surface area contributed by atoms with Crippen molar-refractivity contribution in [3.8, 4) is 0 Å². The van der Waals surface area contributed by atoms with Crippen LogP contribution in [0.1, 0.15) is 10.4 Å². The number of benzene rings is 2. The first-order valence-corrected chi connectivity index (χ1v) is 7.60. The number of piperazine rings is 1. The van der Waals surface area contributed by atoms with Crippen LogP contribution in [0.15, 0.2) is 40.9 Å². The molecule has 1 aliphatic rings. The molecule has 1 saturated heterocycles. The molecule has 1 fully saturated rings. The minimum atomic E-state index is 0.139. The molecule has 0 bridgehead atoms. The van der Waals surface area contributed by atoms with Crippen molar-refractivity contribution in [3.05, 3.63) is 46.4 Å². The zero-order chi connectivity index (χ0) is 14.1. The summed E-state index contributed by atoms with van der Waals surface area (Å²) >= 11 is 3.54. The minimum absolute atomic E-state index is 0.139. The van der Waals surface area contributed by atoms with Crippen molar-refractivity contribution in [2.45, 2.75) is 0 Å². The first-order chi connectivity index (χ1) is 9.65. The Hall–Kier alpha value is -1.39. The van der Waals surface area contributed by atoms with Crippen molar-refractivity contribution in [3.63, 3.8) is 0 Å². The molecule has 1 heterocycles. The van der Waals surface area contributed by atoms with Crippen molar-refractivity contribution < 1.29 is 4.79 Å². The van der Waals surface area contributed by atoms with Gasteiger partial charge in [-0.25, -0.2) is 0 Å². The monoisotopic (exact) mass is 332 g/mol. The molecule has 0 spiro atoms. The smallest absolute Gasteiger partial charge is 0.253 e. The highest BCUT2D eigenvalue weighted by molar-refractivity contribution is 9.10. The van der Waals surface area contributed by atoms with E-state index < -0.39 is 0 Å². The molecule has 0 aromatic heterocycles. The Balaban J connectivity index is 1.88. The average Bonchev–Trinajstić information content (AvgIpc) is 2.47. The van der Waals surface area contributed by atoms with Crippen LogP contribution in [0.5, 0.6) is 0 Å². The number of fused-ring (bicyclic) bond motifs is 1. The Labute approximate surface area is 127 Å². The maximum Gasteiger partial charge on any atom is 0.253 e. The van der Waals surface area contributed by atoms with Crippen molar-refractivity contribution in [1.82, 2.24) is 9.80 Å². The Morgan fingerprint density at radius 1 is 1.10 bits per heavy atom. The van der Waals surface area contributed by atoms with Crippen molar-refractivity contribution in [2.75, 3.05) is 33.2 Å². The molecule has 0 N–H and O–H groups in total. The van der Waals surface area contributed by atoms with Gasteiger partial charge in [0.1, 0.15) is 0 Å². The highest BCUT2D eigenvalue weighted by Gasteiger charge is 2.20. The average molecular weight is 333 g/mol. The summed E-state index contributed by atoms with van der Waals surface area (Å²) in [7, 11) is 2.09. The van der Waals surface area contributed by atoms with E-state index in [0.717, 1.165) is 47.0 Å². The molecule has 0 unspecified atom stereocenters. The molecule has 4 heteroatoms. The summed E-state index contributed by atoms with van der Waals surface area (Å²) in [5.41, 5.74) is 0.778. The fourth-order valence-electron chi connectivity index (χ4n) is 2.57. The van der Waals surface area contributed by atoms with Crippen molar-refractivity contribution >= 4 is 32.6 Å². The summed E-state index contributed by atoms with van der Waals surface area (Å²) in [5, 5.41) is 2.24. The normalized spacial score (nSPS) is 16.6. The second-order valence-electron chi connectivity index (χ2n) is 5.27. The summed E-state index contributed by atoms with van der Waals surface area (Å²) in [6.07, 6.45) is 0. The lowest BCUT2D eigenvalue weighted by atomic mass is 10.1. The second kappa shape index (κ2) is 5.54. The third-order valence-corrected chi connectivity index (χ3v) is 4.56. The zero-order valence-electron chi connectivity index (χ0n) is 11.5. The molecular formula is C16H17BrN2O. The lowest BCUT2D eigenvalue weighted by Crippen LogP contribution is -2.47. The third-order valence-electron chi connectivity index (χ3n) is 3.86. The van der Waals surface area contributed by atoms with Gasteiger partial charge in [-0.2, -0.15) is 0 Å². The second-order valence-corrected chi connectivity index (χ2v) is 6.13. The summed E-state index contributed by atoms with van der Waals surface area (Å²) < 4.78 is 1.06. The molecule has 2 aromatic rings. The van der Waals surface area contributed by atoms with E-state index in [9.17, 15) is 4.79 Å². The molecule has 0 saturated carbocycles. The Morgan fingerprint density at radius 2 is 1.85 bits per heavy atom. The number of rotatable bonds is 1. The number of nitrogens with zero attached hydrogens (tertiary/aromatic N) is 2. The number of hydrogen-bond acceptors (Lipinski definition) is 2. The molecule has 0 aliphatic carbocycles. The predicted molar refractivity (Wildman–Crippen MR) is 85.0 cm³/mol. The zero-order valence-corrected chi connectivity index (χ0v) is 13.1. The molecule has 1 amide bonds. The van der Waals surface area contributed by atoms with Crippen LogP contribution in [-0.4, -0.2) is 48.9 Å². The van der Waals surface area contributed by atoms with Gasteiger partial charge in [-0.3, -0.25) is 4.79 Å². The van der Waals surface area contributed by atoms with Crippen LogP contribution in [-0.2, 0) is 0 Å². The SMILES string of the molecule is CN1CCN(C(=O)c2ccc3c(Br)cccc3c2)CC1. The maximum atomic E-state index is 12.5. The Morgan fingerprint density at radius 3 is 2.60 bits per heavy atom. The minimum Gasteiger partial charge on any atom is -0.336 e. The fourth-order valence-corrected chi connectivity index (χ4v) is 3.08. The molecule has 2 aromatic carbocycles. The molecule has 3 rings (SSSR count). The highest BCUT2D eigenvalue weighted by atomic mass is 79.9. The van der Waals surface area contributed by atoms with Crippen LogP contribution in [0.2, 0.25) is 0 Å². The van der Waals surface area contributed by atoms with Crippen LogP contribution in [0.4, 0.5) is 0 Å². The van der Waals surface area contributed by atoms with E-state index in [1.165, 1.54) is 0 Å². The lowest BCUT2D eigenvalue weighted by Gasteiger charge is -2.32. The number of halogens is 1. The van der Waals surface area contributed by atoms with Crippen LogP contribution in [0.25, 0.3) is 10.8 Å². The topological polar surface area (TPSA) is 23.6 Å². The first kappa shape index (κ1) is 13.6. The summed E-state index contributed by atoms with van der Waals surface area (Å²) in [4.78, 5) is 16.7.